The van der Waals surface area contributed by atoms with E-state index in [0.717, 1.165) is 16.2 Å². The van der Waals surface area contributed by atoms with Crippen molar-refractivity contribution >= 4 is 56.8 Å². The van der Waals surface area contributed by atoms with Crippen molar-refractivity contribution in [1.29, 1.82) is 5.26 Å². The van der Waals surface area contributed by atoms with Gasteiger partial charge in [-0.25, -0.2) is 4.90 Å². The highest BCUT2D eigenvalue weighted by molar-refractivity contribution is 9.10. The molecule has 0 aliphatic carbocycles. The summed E-state index contributed by atoms with van der Waals surface area (Å²) in [6.07, 6.45) is 0. The Labute approximate surface area is 207 Å². The molecule has 1 saturated heterocycles. The van der Waals surface area contributed by atoms with Gasteiger partial charge in [0.05, 0.1) is 39.2 Å². The largest absolute Gasteiger partial charge is 0.460 e. The van der Waals surface area contributed by atoms with Gasteiger partial charge in [0.25, 0.3) is 0 Å². The minimum atomic E-state index is -0.821. The number of nitriles is 1. The van der Waals surface area contributed by atoms with E-state index >= 15 is 0 Å². The molecule has 164 valence electrons. The van der Waals surface area contributed by atoms with Crippen LogP contribution in [-0.4, -0.2) is 17.1 Å². The van der Waals surface area contributed by atoms with Crippen LogP contribution in [0.1, 0.15) is 11.7 Å². The molecule has 0 radical (unpaired) electrons. The number of rotatable bonds is 3. The van der Waals surface area contributed by atoms with Crippen LogP contribution >= 0.6 is 39.3 Å². The molecule has 33 heavy (non-hydrogen) atoms. The van der Waals surface area contributed by atoms with Crippen LogP contribution in [0, 0.1) is 17.2 Å². The van der Waals surface area contributed by atoms with Crippen LogP contribution in [-0.2, 0) is 9.59 Å². The number of hydrogen-bond acceptors (Lipinski definition) is 6. The first-order valence-corrected chi connectivity index (χ1v) is 12.0. The molecular formula is C24H15BrClN3O3S. The highest BCUT2D eigenvalue weighted by Crippen LogP contribution is 2.51. The first-order chi connectivity index (χ1) is 15.9. The monoisotopic (exact) mass is 539 g/mol. The Morgan fingerprint density at radius 3 is 2.48 bits per heavy atom. The number of thioether (sulfide) groups is 1. The van der Waals surface area contributed by atoms with Crippen molar-refractivity contribution in [2.24, 2.45) is 11.7 Å². The van der Waals surface area contributed by atoms with Crippen LogP contribution in [0.15, 0.2) is 80.2 Å². The Morgan fingerprint density at radius 2 is 1.79 bits per heavy atom. The molecule has 0 saturated carbocycles. The van der Waals surface area contributed by atoms with Gasteiger partial charge in [-0.15, -0.1) is 0 Å². The molecule has 0 spiro atoms. The van der Waals surface area contributed by atoms with Gasteiger partial charge in [0.1, 0.15) is 16.8 Å². The molecule has 2 aliphatic heterocycles. The van der Waals surface area contributed by atoms with Gasteiger partial charge in [-0.3, -0.25) is 9.59 Å². The molecule has 3 atom stereocenters. The number of carbonyl (C=O) groups excluding carboxylic acids is 2. The van der Waals surface area contributed by atoms with Crippen molar-refractivity contribution in [3.05, 3.63) is 86.5 Å². The Morgan fingerprint density at radius 1 is 1.06 bits per heavy atom. The summed E-state index contributed by atoms with van der Waals surface area (Å²) in [5.74, 6) is -1.46. The van der Waals surface area contributed by atoms with Gasteiger partial charge in [0.2, 0.25) is 11.8 Å². The maximum absolute atomic E-state index is 13.6. The van der Waals surface area contributed by atoms with Gasteiger partial charge in [-0.1, -0.05) is 51.4 Å². The van der Waals surface area contributed by atoms with E-state index in [0.29, 0.717) is 27.8 Å². The summed E-state index contributed by atoms with van der Waals surface area (Å²) in [4.78, 5) is 28.0. The number of anilines is 1. The first kappa shape index (κ1) is 21.8. The third kappa shape index (κ3) is 3.57. The molecule has 0 unspecified atom stereocenters. The lowest BCUT2D eigenvalue weighted by Crippen LogP contribution is -2.33. The second kappa shape index (κ2) is 8.41. The Kier molecular flexibility index (Phi) is 5.57. The third-order valence-corrected chi connectivity index (χ3v) is 7.84. The second-order valence-electron chi connectivity index (χ2n) is 7.60. The van der Waals surface area contributed by atoms with Crippen molar-refractivity contribution in [3.63, 3.8) is 0 Å². The number of allylic oxidation sites excluding steroid dienone is 1. The van der Waals surface area contributed by atoms with Gasteiger partial charge in [-0.2, -0.15) is 5.26 Å². The third-order valence-electron chi connectivity index (χ3n) is 5.76. The molecule has 3 aromatic rings. The van der Waals surface area contributed by atoms with E-state index < -0.39 is 17.1 Å². The minimum Gasteiger partial charge on any atom is -0.460 e. The molecule has 2 aromatic carbocycles. The van der Waals surface area contributed by atoms with Crippen molar-refractivity contribution < 1.29 is 14.0 Å². The van der Waals surface area contributed by atoms with Gasteiger partial charge in [-0.05, 0) is 48.5 Å². The summed E-state index contributed by atoms with van der Waals surface area (Å²) >= 11 is 10.7. The quantitative estimate of drug-likeness (QED) is 0.444. The number of carbonyl (C=O) groups is 2. The molecule has 6 nitrogen and oxygen atoms in total. The number of imide groups is 1. The number of nitrogens with two attached hydrogens (primary N) is 1. The Balaban J connectivity index is 1.59. The van der Waals surface area contributed by atoms with Crippen LogP contribution in [0.3, 0.4) is 0 Å². The lowest BCUT2D eigenvalue weighted by molar-refractivity contribution is -0.122. The highest BCUT2D eigenvalue weighted by Gasteiger charge is 2.56. The maximum atomic E-state index is 13.6. The van der Waals surface area contributed by atoms with E-state index in [9.17, 15) is 14.9 Å². The SMILES string of the molecule is N#CC1=C(N)S[C@@H]2C(=O)N(c3ccc(Br)cc3)C(=O)[C@@H]2[C@@H]1c1ccc(-c2ccccc2Cl)o1. The van der Waals surface area contributed by atoms with Crippen LogP contribution in [0.2, 0.25) is 5.02 Å². The normalized spacial score (nSPS) is 22.5. The number of halogens is 2. The average molecular weight is 541 g/mol. The molecule has 1 aromatic heterocycles. The van der Waals surface area contributed by atoms with Gasteiger partial charge >= 0.3 is 0 Å². The second-order valence-corrected chi connectivity index (χ2v) is 10.1. The van der Waals surface area contributed by atoms with Gasteiger partial charge < -0.3 is 10.2 Å². The van der Waals surface area contributed by atoms with Crippen molar-refractivity contribution in [2.45, 2.75) is 11.2 Å². The van der Waals surface area contributed by atoms with Crippen molar-refractivity contribution in [3.8, 4) is 17.4 Å². The summed E-state index contributed by atoms with van der Waals surface area (Å²) in [6, 6.07) is 19.7. The summed E-state index contributed by atoms with van der Waals surface area (Å²) in [5.41, 5.74) is 7.57. The van der Waals surface area contributed by atoms with Gasteiger partial charge in [0.15, 0.2) is 0 Å². The van der Waals surface area contributed by atoms with Crippen molar-refractivity contribution in [1.82, 2.24) is 0 Å². The highest BCUT2D eigenvalue weighted by atomic mass is 79.9. The predicted octanol–water partition coefficient (Wildman–Crippen LogP) is 5.44. The summed E-state index contributed by atoms with van der Waals surface area (Å²) < 4.78 is 6.93. The Bertz CT molecular complexity index is 1360. The first-order valence-electron chi connectivity index (χ1n) is 9.95. The smallest absolute Gasteiger partial charge is 0.248 e. The topological polar surface area (TPSA) is 100 Å². The summed E-state index contributed by atoms with van der Waals surface area (Å²) in [6.45, 7) is 0. The molecule has 5 rings (SSSR count). The number of nitrogens with zero attached hydrogens (tertiary/aromatic N) is 2. The molecule has 1 fully saturated rings. The number of furan rings is 1. The molecule has 2 amide bonds. The van der Waals surface area contributed by atoms with E-state index in [1.165, 1.54) is 4.90 Å². The zero-order valence-electron chi connectivity index (χ0n) is 16.9. The zero-order valence-corrected chi connectivity index (χ0v) is 20.0. The lowest BCUT2D eigenvalue weighted by Gasteiger charge is -2.28. The molecule has 2 N–H and O–H groups in total. The van der Waals surface area contributed by atoms with E-state index in [4.69, 9.17) is 21.8 Å². The zero-order chi connectivity index (χ0) is 23.3. The van der Waals surface area contributed by atoms with E-state index in [1.807, 2.05) is 18.2 Å². The fraction of sp³-hybridized carbons (Fsp3) is 0.125. The Hall–Kier alpha value is -2.99. The van der Waals surface area contributed by atoms with Crippen LogP contribution in [0.25, 0.3) is 11.3 Å². The minimum absolute atomic E-state index is 0.221. The van der Waals surface area contributed by atoms with E-state index in [-0.39, 0.29) is 22.4 Å². The number of amides is 2. The summed E-state index contributed by atoms with van der Waals surface area (Å²) in [5, 5.41) is 9.85. The maximum Gasteiger partial charge on any atom is 0.248 e. The average Bonchev–Trinajstić information content (AvgIpc) is 3.37. The van der Waals surface area contributed by atoms with E-state index in [1.54, 1.807) is 42.5 Å². The van der Waals surface area contributed by atoms with Crippen molar-refractivity contribution in [2.75, 3.05) is 4.90 Å². The fourth-order valence-corrected chi connectivity index (χ4v) is 5.95. The van der Waals surface area contributed by atoms with E-state index in [2.05, 4.69) is 22.0 Å². The molecule has 9 heteroatoms. The lowest BCUT2D eigenvalue weighted by atomic mass is 9.82. The van der Waals surface area contributed by atoms with Crippen LogP contribution in [0.5, 0.6) is 0 Å². The molecule has 3 heterocycles. The molecule has 2 aliphatic rings. The number of hydrogen-bond donors (Lipinski definition) is 1. The number of fused-ring (bicyclic) bond motifs is 1. The molecular weight excluding hydrogens is 526 g/mol. The summed E-state index contributed by atoms with van der Waals surface area (Å²) in [7, 11) is 0. The predicted molar refractivity (Wildman–Crippen MR) is 130 cm³/mol. The standard InChI is InChI=1S/C24H15BrClN3O3S/c25-12-5-7-13(8-6-12)29-23(30)20-19(15(11-27)22(28)33-21(20)24(29)31)18-10-9-17(32-18)14-3-1-2-4-16(14)26/h1-10,19-21H,28H2/t19-,20+,21-/m0/s1. The molecule has 0 bridgehead atoms. The van der Waals surface area contributed by atoms with Gasteiger partial charge in [0, 0.05) is 10.0 Å². The van der Waals surface area contributed by atoms with Crippen LogP contribution < -0.4 is 10.6 Å². The number of benzene rings is 2. The fourth-order valence-electron chi connectivity index (χ4n) is 4.26. The van der Waals surface area contributed by atoms with Crippen LogP contribution in [0.4, 0.5) is 5.69 Å².